The smallest absolute Gasteiger partial charge is 0.234 e. The van der Waals surface area contributed by atoms with E-state index in [4.69, 9.17) is 4.74 Å². The third-order valence-electron chi connectivity index (χ3n) is 4.41. The number of hydrogen-bond acceptors (Lipinski definition) is 5. The monoisotopic (exact) mass is 368 g/mol. The zero-order chi connectivity index (χ0) is 18.3. The van der Waals surface area contributed by atoms with Crippen molar-refractivity contribution >= 4 is 15.7 Å². The Morgan fingerprint density at radius 2 is 2.00 bits per heavy atom. The molecule has 0 spiro atoms. The van der Waals surface area contributed by atoms with Crippen molar-refractivity contribution < 1.29 is 17.9 Å². The largest absolute Gasteiger partial charge is 0.494 e. The van der Waals surface area contributed by atoms with Crippen molar-refractivity contribution in [2.24, 2.45) is 0 Å². The van der Waals surface area contributed by atoms with E-state index in [1.807, 2.05) is 36.1 Å². The Bertz CT molecular complexity index is 658. The average molecular weight is 368 g/mol. The summed E-state index contributed by atoms with van der Waals surface area (Å²) in [7, 11) is -1.11. The Labute approximate surface area is 150 Å². The van der Waals surface area contributed by atoms with Gasteiger partial charge < -0.3 is 10.1 Å². The Kier molecular flexibility index (Phi) is 7.25. The Morgan fingerprint density at radius 3 is 2.64 bits per heavy atom. The number of carbonyl (C=O) groups is 1. The normalized spacial score (nSPS) is 19.1. The van der Waals surface area contributed by atoms with E-state index in [-0.39, 0.29) is 30.0 Å². The second-order valence-electron chi connectivity index (χ2n) is 6.69. The van der Waals surface area contributed by atoms with Crippen molar-refractivity contribution in [1.82, 2.24) is 10.2 Å². The molecule has 7 heteroatoms. The first-order valence-electron chi connectivity index (χ1n) is 8.72. The lowest BCUT2D eigenvalue weighted by Crippen LogP contribution is -2.41. The molecular weight excluding hydrogens is 340 g/mol. The molecule has 1 atom stereocenters. The predicted octanol–water partition coefficient (Wildman–Crippen LogP) is 1.39. The minimum Gasteiger partial charge on any atom is -0.494 e. The van der Waals surface area contributed by atoms with Crippen LogP contribution in [0.25, 0.3) is 0 Å². The molecule has 1 N–H and O–H groups in total. The molecule has 0 aromatic heterocycles. The van der Waals surface area contributed by atoms with Crippen LogP contribution in [-0.4, -0.2) is 63.5 Å². The Balaban J connectivity index is 1.54. The maximum atomic E-state index is 11.9. The number of carbonyl (C=O) groups excluding carboxylic acids is 1. The summed E-state index contributed by atoms with van der Waals surface area (Å²) in [6.07, 6.45) is 2.33. The molecule has 25 heavy (non-hydrogen) atoms. The van der Waals surface area contributed by atoms with Crippen LogP contribution in [0.2, 0.25) is 0 Å². The molecule has 0 radical (unpaired) electrons. The molecule has 1 unspecified atom stereocenters. The van der Waals surface area contributed by atoms with E-state index in [9.17, 15) is 13.2 Å². The number of amides is 1. The van der Waals surface area contributed by atoms with Gasteiger partial charge in [0.1, 0.15) is 5.75 Å². The second-order valence-corrected chi connectivity index (χ2v) is 8.92. The van der Waals surface area contributed by atoms with Crippen LogP contribution in [0.4, 0.5) is 0 Å². The van der Waals surface area contributed by atoms with Gasteiger partial charge in [0.25, 0.3) is 0 Å². The fraction of sp³-hybridized carbons (Fsp3) is 0.611. The third kappa shape index (κ3) is 7.04. The topological polar surface area (TPSA) is 75.7 Å². The van der Waals surface area contributed by atoms with Gasteiger partial charge in [0.2, 0.25) is 5.91 Å². The summed E-state index contributed by atoms with van der Waals surface area (Å²) in [4.78, 5) is 13.8. The number of sulfone groups is 1. The molecule has 1 amide bonds. The van der Waals surface area contributed by atoms with Gasteiger partial charge in [-0.15, -0.1) is 0 Å². The molecule has 1 aromatic carbocycles. The SMILES string of the molecule is Cc1ccc(OCCCCNC(=O)CN(C)C2CCS(=O)(=O)C2)cc1. The number of benzene rings is 1. The number of nitrogens with zero attached hydrogens (tertiary/aromatic N) is 1. The molecule has 1 heterocycles. The first kappa shape index (κ1) is 19.7. The quantitative estimate of drug-likeness (QED) is 0.667. The molecule has 0 saturated carbocycles. The predicted molar refractivity (Wildman–Crippen MR) is 98.6 cm³/mol. The fourth-order valence-corrected chi connectivity index (χ4v) is 4.62. The molecule has 0 aliphatic carbocycles. The lowest BCUT2D eigenvalue weighted by Gasteiger charge is -2.22. The molecule has 6 nitrogen and oxygen atoms in total. The highest BCUT2D eigenvalue weighted by Gasteiger charge is 2.31. The first-order valence-corrected chi connectivity index (χ1v) is 10.5. The maximum Gasteiger partial charge on any atom is 0.234 e. The number of hydrogen-bond donors (Lipinski definition) is 1. The molecule has 1 aliphatic heterocycles. The molecule has 0 bridgehead atoms. The fourth-order valence-electron chi connectivity index (χ4n) is 2.81. The van der Waals surface area contributed by atoms with Crippen molar-refractivity contribution in [3.63, 3.8) is 0 Å². The van der Waals surface area contributed by atoms with E-state index in [2.05, 4.69) is 5.32 Å². The van der Waals surface area contributed by atoms with E-state index in [1.165, 1.54) is 5.56 Å². The van der Waals surface area contributed by atoms with Crippen molar-refractivity contribution in [2.75, 3.05) is 38.2 Å². The number of unbranched alkanes of at least 4 members (excludes halogenated alkanes) is 1. The van der Waals surface area contributed by atoms with Crippen LogP contribution in [0.3, 0.4) is 0 Å². The molecule has 1 aliphatic rings. The van der Waals surface area contributed by atoms with E-state index >= 15 is 0 Å². The van der Waals surface area contributed by atoms with Crippen LogP contribution >= 0.6 is 0 Å². The highest BCUT2D eigenvalue weighted by atomic mass is 32.2. The third-order valence-corrected chi connectivity index (χ3v) is 6.16. The van der Waals surface area contributed by atoms with Gasteiger partial charge in [-0.2, -0.15) is 0 Å². The summed E-state index contributed by atoms with van der Waals surface area (Å²) in [5.41, 5.74) is 1.20. The van der Waals surface area contributed by atoms with Crippen LogP contribution in [-0.2, 0) is 14.6 Å². The minimum atomic E-state index is -2.92. The second kappa shape index (κ2) is 9.20. The van der Waals surface area contributed by atoms with Gasteiger partial charge in [0.15, 0.2) is 9.84 Å². The first-order chi connectivity index (χ1) is 11.9. The highest BCUT2D eigenvalue weighted by molar-refractivity contribution is 7.91. The summed E-state index contributed by atoms with van der Waals surface area (Å²) >= 11 is 0. The number of rotatable bonds is 9. The van der Waals surface area contributed by atoms with Crippen molar-refractivity contribution in [3.05, 3.63) is 29.8 Å². The van der Waals surface area contributed by atoms with E-state index in [0.29, 0.717) is 19.6 Å². The summed E-state index contributed by atoms with van der Waals surface area (Å²) < 4.78 is 28.6. The molecule has 1 fully saturated rings. The summed E-state index contributed by atoms with van der Waals surface area (Å²) in [5, 5.41) is 2.88. The van der Waals surface area contributed by atoms with Gasteiger partial charge in [0, 0.05) is 12.6 Å². The Hall–Kier alpha value is -1.60. The number of aryl methyl sites for hydroxylation is 1. The number of ether oxygens (including phenoxy) is 1. The highest BCUT2D eigenvalue weighted by Crippen LogP contribution is 2.16. The van der Waals surface area contributed by atoms with Gasteiger partial charge in [-0.1, -0.05) is 17.7 Å². The standard InChI is InChI=1S/C18H28N2O4S/c1-15-5-7-17(8-6-15)24-11-4-3-10-19-18(21)13-20(2)16-9-12-25(22,23)14-16/h5-8,16H,3-4,9-14H2,1-2H3,(H,19,21). The maximum absolute atomic E-state index is 11.9. The van der Waals surface area contributed by atoms with E-state index < -0.39 is 9.84 Å². The molecule has 1 saturated heterocycles. The zero-order valence-corrected chi connectivity index (χ0v) is 15.8. The van der Waals surface area contributed by atoms with Crippen LogP contribution in [0, 0.1) is 6.92 Å². The Morgan fingerprint density at radius 1 is 1.28 bits per heavy atom. The van der Waals surface area contributed by atoms with Crippen molar-refractivity contribution in [2.45, 2.75) is 32.2 Å². The molecule has 2 rings (SSSR count). The number of likely N-dealkylation sites (N-methyl/N-ethyl adjacent to an activating group) is 1. The van der Waals surface area contributed by atoms with Crippen LogP contribution in [0.1, 0.15) is 24.8 Å². The van der Waals surface area contributed by atoms with Gasteiger partial charge in [-0.25, -0.2) is 8.42 Å². The van der Waals surface area contributed by atoms with Gasteiger partial charge in [0.05, 0.1) is 24.7 Å². The van der Waals surface area contributed by atoms with Crippen LogP contribution in [0.5, 0.6) is 5.75 Å². The molecule has 1 aromatic rings. The number of nitrogens with one attached hydrogen (secondary N) is 1. The van der Waals surface area contributed by atoms with Crippen LogP contribution in [0.15, 0.2) is 24.3 Å². The molecular formula is C18H28N2O4S. The zero-order valence-electron chi connectivity index (χ0n) is 15.0. The lowest BCUT2D eigenvalue weighted by atomic mass is 10.2. The molecule has 140 valence electrons. The van der Waals surface area contributed by atoms with E-state index in [1.54, 1.807) is 7.05 Å². The lowest BCUT2D eigenvalue weighted by molar-refractivity contribution is -0.122. The summed E-state index contributed by atoms with van der Waals surface area (Å²) in [6.45, 7) is 3.50. The minimum absolute atomic E-state index is 0.0429. The van der Waals surface area contributed by atoms with E-state index in [0.717, 1.165) is 18.6 Å². The summed E-state index contributed by atoms with van der Waals surface area (Å²) in [5.74, 6) is 1.19. The average Bonchev–Trinajstić information content (AvgIpc) is 2.92. The van der Waals surface area contributed by atoms with Crippen molar-refractivity contribution in [1.29, 1.82) is 0 Å². The van der Waals surface area contributed by atoms with Gasteiger partial charge in [-0.3, -0.25) is 9.69 Å². The van der Waals surface area contributed by atoms with Gasteiger partial charge in [-0.05, 0) is 45.4 Å². The van der Waals surface area contributed by atoms with Crippen LogP contribution < -0.4 is 10.1 Å². The van der Waals surface area contributed by atoms with Gasteiger partial charge >= 0.3 is 0 Å². The summed E-state index contributed by atoms with van der Waals surface area (Å²) in [6, 6.07) is 7.90. The van der Waals surface area contributed by atoms with Crippen molar-refractivity contribution in [3.8, 4) is 5.75 Å².